The maximum Gasteiger partial charge on any atom is 0.253 e. The minimum atomic E-state index is 0.320. The van der Waals surface area contributed by atoms with Crippen LogP contribution in [0.15, 0.2) is 30.5 Å². The van der Waals surface area contributed by atoms with Gasteiger partial charge in [-0.3, -0.25) is 9.69 Å². The van der Waals surface area contributed by atoms with Crippen LogP contribution >= 0.6 is 0 Å². The van der Waals surface area contributed by atoms with Crippen LogP contribution in [0, 0.1) is 0 Å². The number of carbonyl (C=O) groups excluding carboxylic acids is 1. The molecule has 1 saturated heterocycles. The van der Waals surface area contributed by atoms with Crippen LogP contribution in [0.3, 0.4) is 0 Å². The Bertz CT molecular complexity index is 562. The Labute approximate surface area is 99.3 Å². The molecule has 86 valence electrons. The second kappa shape index (κ2) is 4.22. The topological polar surface area (TPSA) is 47.3 Å². The maximum atomic E-state index is 11.5. The van der Waals surface area contributed by atoms with Gasteiger partial charge in [-0.2, -0.15) is 5.10 Å². The van der Waals surface area contributed by atoms with Gasteiger partial charge in [0.2, 0.25) is 0 Å². The smallest absolute Gasteiger partial charge is 0.253 e. The summed E-state index contributed by atoms with van der Waals surface area (Å²) in [6, 6.07) is 8.06. The molecule has 2 heterocycles. The van der Waals surface area contributed by atoms with Crippen LogP contribution in [-0.2, 0) is 4.79 Å². The van der Waals surface area contributed by atoms with Crippen molar-refractivity contribution in [1.29, 1.82) is 0 Å². The van der Waals surface area contributed by atoms with Gasteiger partial charge in [-0.25, -0.2) is 0 Å². The molecule has 1 atom stereocenters. The molecule has 4 heteroatoms. The molecule has 0 amide bonds. The molecule has 1 aliphatic heterocycles. The van der Waals surface area contributed by atoms with Crippen molar-refractivity contribution >= 4 is 22.4 Å². The highest BCUT2D eigenvalue weighted by atomic mass is 16.1. The van der Waals surface area contributed by atoms with Crippen LogP contribution in [0.25, 0.3) is 10.8 Å². The third-order valence-electron chi connectivity index (χ3n) is 3.25. The van der Waals surface area contributed by atoms with E-state index in [-0.39, 0.29) is 0 Å². The van der Waals surface area contributed by atoms with Gasteiger partial charge in [-0.1, -0.05) is 23.3 Å². The number of ketones is 1. The highest BCUT2D eigenvalue weighted by molar-refractivity contribution is 5.88. The van der Waals surface area contributed by atoms with Crippen LogP contribution in [-0.4, -0.2) is 29.1 Å². The Morgan fingerprint density at radius 2 is 2.12 bits per heavy atom. The van der Waals surface area contributed by atoms with Crippen LogP contribution in [0.5, 0.6) is 0 Å². The van der Waals surface area contributed by atoms with Crippen molar-refractivity contribution in [3.8, 4) is 0 Å². The van der Waals surface area contributed by atoms with E-state index in [1.807, 2.05) is 24.3 Å². The summed E-state index contributed by atoms with van der Waals surface area (Å²) in [5, 5.41) is 10.4. The van der Waals surface area contributed by atoms with E-state index in [1.165, 1.54) is 0 Å². The van der Waals surface area contributed by atoms with Crippen molar-refractivity contribution < 1.29 is 9.69 Å². The fourth-order valence-corrected chi connectivity index (χ4v) is 2.40. The van der Waals surface area contributed by atoms with Gasteiger partial charge in [0.15, 0.2) is 5.78 Å². The van der Waals surface area contributed by atoms with E-state index in [1.54, 1.807) is 6.20 Å². The number of aromatic nitrogens is 2. The Morgan fingerprint density at radius 1 is 1.24 bits per heavy atom. The SMILES string of the molecule is O=C1CCC[NH+](c2nncc3ccccc23)C1. The molecule has 0 bridgehead atoms. The highest BCUT2D eigenvalue weighted by Crippen LogP contribution is 2.16. The van der Waals surface area contributed by atoms with Gasteiger partial charge in [-0.05, 0) is 6.07 Å². The molecule has 1 unspecified atom stereocenters. The number of Topliss-reactive ketones (excluding diaryl/α,β-unsaturated/α-hetero) is 1. The lowest BCUT2D eigenvalue weighted by atomic mass is 10.1. The molecule has 2 aromatic rings. The number of piperidine rings is 1. The first-order valence-corrected chi connectivity index (χ1v) is 5.92. The molecule has 1 aromatic carbocycles. The van der Waals surface area contributed by atoms with Crippen LogP contribution in [0.1, 0.15) is 12.8 Å². The number of nitrogens with zero attached hydrogens (tertiary/aromatic N) is 2. The van der Waals surface area contributed by atoms with Crippen molar-refractivity contribution in [2.45, 2.75) is 12.8 Å². The Kier molecular flexibility index (Phi) is 2.57. The molecule has 1 N–H and O–H groups in total. The molecule has 17 heavy (non-hydrogen) atoms. The van der Waals surface area contributed by atoms with Gasteiger partial charge in [0.25, 0.3) is 5.82 Å². The minimum absolute atomic E-state index is 0.320. The summed E-state index contributed by atoms with van der Waals surface area (Å²) >= 11 is 0. The van der Waals surface area contributed by atoms with Crippen LogP contribution in [0.2, 0.25) is 0 Å². The molecule has 0 spiro atoms. The number of hydrogen-bond donors (Lipinski definition) is 1. The number of rotatable bonds is 1. The summed E-state index contributed by atoms with van der Waals surface area (Å²) in [6.45, 7) is 1.51. The van der Waals surface area contributed by atoms with Crippen molar-refractivity contribution in [1.82, 2.24) is 10.2 Å². The first-order chi connectivity index (χ1) is 8.34. The van der Waals surface area contributed by atoms with Gasteiger partial charge >= 0.3 is 0 Å². The number of fused-ring (bicyclic) bond motifs is 1. The normalized spacial score (nSPS) is 20.7. The van der Waals surface area contributed by atoms with Gasteiger partial charge in [0.1, 0.15) is 6.54 Å². The zero-order valence-electron chi connectivity index (χ0n) is 9.52. The molecule has 1 aromatic heterocycles. The second-order valence-electron chi connectivity index (χ2n) is 4.45. The lowest BCUT2D eigenvalue weighted by Gasteiger charge is -2.21. The summed E-state index contributed by atoms with van der Waals surface area (Å²) in [7, 11) is 0. The first kappa shape index (κ1) is 10.4. The number of quaternary nitrogens is 1. The molecular formula is C13H14N3O+. The van der Waals surface area contributed by atoms with Gasteiger partial charge in [0, 0.05) is 18.2 Å². The molecule has 0 aliphatic carbocycles. The van der Waals surface area contributed by atoms with E-state index in [0.29, 0.717) is 18.7 Å². The summed E-state index contributed by atoms with van der Waals surface area (Å²) < 4.78 is 0. The molecular weight excluding hydrogens is 214 g/mol. The third kappa shape index (κ3) is 1.91. The summed E-state index contributed by atoms with van der Waals surface area (Å²) in [5.41, 5.74) is 0. The second-order valence-corrected chi connectivity index (χ2v) is 4.45. The van der Waals surface area contributed by atoms with Crippen molar-refractivity contribution in [3.05, 3.63) is 30.5 Å². The minimum Gasteiger partial charge on any atom is -0.293 e. The molecule has 0 saturated carbocycles. The van der Waals surface area contributed by atoms with E-state index in [2.05, 4.69) is 10.2 Å². The van der Waals surface area contributed by atoms with Gasteiger partial charge < -0.3 is 0 Å². The van der Waals surface area contributed by atoms with Crippen LogP contribution in [0.4, 0.5) is 5.82 Å². The van der Waals surface area contributed by atoms with Gasteiger partial charge in [0.05, 0.1) is 18.1 Å². The molecule has 1 fully saturated rings. The quantitative estimate of drug-likeness (QED) is 0.773. The summed E-state index contributed by atoms with van der Waals surface area (Å²) in [5.74, 6) is 1.23. The van der Waals surface area contributed by atoms with Gasteiger partial charge in [-0.15, -0.1) is 0 Å². The first-order valence-electron chi connectivity index (χ1n) is 5.92. The van der Waals surface area contributed by atoms with Crippen molar-refractivity contribution in [2.24, 2.45) is 0 Å². The average molecular weight is 228 g/mol. The van der Waals surface area contributed by atoms with Crippen molar-refractivity contribution in [3.63, 3.8) is 0 Å². The van der Waals surface area contributed by atoms with E-state index in [0.717, 1.165) is 34.5 Å². The Balaban J connectivity index is 2.07. The largest absolute Gasteiger partial charge is 0.293 e. The summed E-state index contributed by atoms with van der Waals surface area (Å²) in [4.78, 5) is 12.7. The fourth-order valence-electron chi connectivity index (χ4n) is 2.40. The van der Waals surface area contributed by atoms with E-state index in [9.17, 15) is 4.79 Å². The predicted molar refractivity (Wildman–Crippen MR) is 64.1 cm³/mol. The zero-order chi connectivity index (χ0) is 11.7. The summed E-state index contributed by atoms with van der Waals surface area (Å²) in [6.07, 6.45) is 3.42. The lowest BCUT2D eigenvalue weighted by Crippen LogP contribution is -3.09. The Hall–Kier alpha value is -1.81. The Morgan fingerprint density at radius 3 is 3.00 bits per heavy atom. The van der Waals surface area contributed by atoms with Crippen LogP contribution < -0.4 is 4.90 Å². The average Bonchev–Trinajstić information content (AvgIpc) is 2.38. The number of nitrogens with one attached hydrogen (secondary N) is 1. The fraction of sp³-hybridized carbons (Fsp3) is 0.308. The highest BCUT2D eigenvalue weighted by Gasteiger charge is 2.25. The predicted octanol–water partition coefficient (Wildman–Crippen LogP) is 0.509. The molecule has 0 radical (unpaired) electrons. The van der Waals surface area contributed by atoms with E-state index >= 15 is 0 Å². The number of carbonyl (C=O) groups is 1. The molecule has 3 rings (SSSR count). The van der Waals surface area contributed by atoms with E-state index < -0.39 is 0 Å². The number of hydrogen-bond acceptors (Lipinski definition) is 3. The zero-order valence-corrected chi connectivity index (χ0v) is 9.52. The van der Waals surface area contributed by atoms with Crippen molar-refractivity contribution in [2.75, 3.05) is 13.1 Å². The van der Waals surface area contributed by atoms with E-state index in [4.69, 9.17) is 0 Å². The molecule has 4 nitrogen and oxygen atoms in total. The monoisotopic (exact) mass is 228 g/mol. The number of benzene rings is 1. The third-order valence-corrected chi connectivity index (χ3v) is 3.25. The standard InChI is InChI=1S/C13H13N3O/c17-11-5-3-7-16(9-11)13-12-6-2-1-4-10(12)8-14-15-13/h1-2,4,6,8H,3,5,7,9H2/p+1. The molecule has 1 aliphatic rings. The lowest BCUT2D eigenvalue weighted by molar-refractivity contribution is -0.828. The maximum absolute atomic E-state index is 11.5.